The molecule has 0 unspecified atom stereocenters. The lowest BCUT2D eigenvalue weighted by atomic mass is 9.83. The van der Waals surface area contributed by atoms with Gasteiger partial charge < -0.3 is 9.47 Å². The Morgan fingerprint density at radius 3 is 2.20 bits per heavy atom. The van der Waals surface area contributed by atoms with Crippen molar-refractivity contribution in [3.05, 3.63) is 52.5 Å². The third-order valence-electron chi connectivity index (χ3n) is 8.21. The summed E-state index contributed by atoms with van der Waals surface area (Å²) in [5.41, 5.74) is 3.73. The molecule has 222 valence electrons. The van der Waals surface area contributed by atoms with E-state index in [1.165, 1.54) is 55.2 Å². The van der Waals surface area contributed by atoms with Gasteiger partial charge in [-0.1, -0.05) is 95.5 Å². The molecule has 5 heteroatoms. The minimum atomic E-state index is -1.47. The number of ether oxygens (including phenoxy) is 2. The average Bonchev–Trinajstić information content (AvgIpc) is 2.97. The molecule has 1 fully saturated rings. The Morgan fingerprint density at radius 2 is 1.52 bits per heavy atom. The number of hydrogen-bond donors (Lipinski definition) is 0. The molecule has 2 aromatic carbocycles. The van der Waals surface area contributed by atoms with Gasteiger partial charge in [0.1, 0.15) is 11.9 Å². The van der Waals surface area contributed by atoms with Gasteiger partial charge in [-0.05, 0) is 102 Å². The standard InChI is InChI=1S/C35H50BrFO3/c1-3-5-7-8-9-10-11-25-39-34-24-21-30(26-32(34)36)29-19-15-27(16-20-29)13-14-28-17-22-31(23-18-28)40-35(38)33(37)12-6-4-2/h15-16,19-21,24,26,28,31,33H,3-14,17-18,22-23,25H2,1-2H3/t28-,31-,33-/m0/s1. The van der Waals surface area contributed by atoms with Gasteiger partial charge in [-0.25, -0.2) is 9.18 Å². The summed E-state index contributed by atoms with van der Waals surface area (Å²) in [6.45, 7) is 5.02. The fourth-order valence-corrected chi connectivity index (χ4v) is 6.04. The molecule has 0 aromatic heterocycles. The van der Waals surface area contributed by atoms with Crippen LogP contribution in [0.15, 0.2) is 46.9 Å². The third kappa shape index (κ3) is 11.5. The third-order valence-corrected chi connectivity index (χ3v) is 8.83. The molecule has 3 rings (SSSR count). The molecule has 0 amide bonds. The van der Waals surface area contributed by atoms with Crippen LogP contribution in [0.5, 0.6) is 5.75 Å². The van der Waals surface area contributed by atoms with Crippen molar-refractivity contribution in [3.63, 3.8) is 0 Å². The number of aryl methyl sites for hydroxylation is 1. The summed E-state index contributed by atoms with van der Waals surface area (Å²) in [5.74, 6) is 0.895. The summed E-state index contributed by atoms with van der Waals surface area (Å²) in [6, 6.07) is 15.2. The largest absolute Gasteiger partial charge is 0.492 e. The molecule has 0 N–H and O–H groups in total. The first kappa shape index (κ1) is 32.6. The fraction of sp³-hybridized carbons (Fsp3) is 0.629. The van der Waals surface area contributed by atoms with E-state index in [2.05, 4.69) is 65.3 Å². The van der Waals surface area contributed by atoms with Crippen molar-refractivity contribution >= 4 is 21.9 Å². The van der Waals surface area contributed by atoms with Crippen LogP contribution in [0.1, 0.15) is 116 Å². The number of alkyl halides is 1. The molecule has 1 atom stereocenters. The Labute approximate surface area is 250 Å². The average molecular weight is 618 g/mol. The van der Waals surface area contributed by atoms with E-state index in [9.17, 15) is 9.18 Å². The molecular weight excluding hydrogens is 567 g/mol. The molecular formula is C35H50BrFO3. The Balaban J connectivity index is 1.36. The lowest BCUT2D eigenvalue weighted by molar-refractivity contribution is -0.157. The van der Waals surface area contributed by atoms with Crippen molar-refractivity contribution in [2.45, 2.75) is 129 Å². The second-order valence-corrected chi connectivity index (χ2v) is 12.4. The van der Waals surface area contributed by atoms with Crippen molar-refractivity contribution in [1.82, 2.24) is 0 Å². The van der Waals surface area contributed by atoms with E-state index in [-0.39, 0.29) is 12.5 Å². The Hall–Kier alpha value is -1.88. The SMILES string of the molecule is CCCCCCCCCOc1ccc(-c2ccc(CC[C@H]3CC[C@H](OC(=O)[C@@H](F)CCCC)CC3)cc2)cc1Br. The van der Waals surface area contributed by atoms with Crippen molar-refractivity contribution in [3.8, 4) is 16.9 Å². The van der Waals surface area contributed by atoms with Crippen LogP contribution in [0.25, 0.3) is 11.1 Å². The van der Waals surface area contributed by atoms with E-state index in [0.29, 0.717) is 5.92 Å². The monoisotopic (exact) mass is 616 g/mol. The summed E-state index contributed by atoms with van der Waals surface area (Å²) in [5, 5.41) is 0. The molecule has 1 aliphatic rings. The molecule has 1 aliphatic carbocycles. The smallest absolute Gasteiger partial charge is 0.340 e. The van der Waals surface area contributed by atoms with Crippen LogP contribution in [-0.2, 0) is 16.0 Å². The number of benzene rings is 2. The highest BCUT2D eigenvalue weighted by atomic mass is 79.9. The molecule has 0 spiro atoms. The summed E-state index contributed by atoms with van der Waals surface area (Å²) in [6.07, 6.45) is 15.3. The summed E-state index contributed by atoms with van der Waals surface area (Å²) in [7, 11) is 0. The summed E-state index contributed by atoms with van der Waals surface area (Å²) < 4.78 is 26.4. The fourth-order valence-electron chi connectivity index (χ4n) is 5.55. The molecule has 3 nitrogen and oxygen atoms in total. The normalized spacial score (nSPS) is 17.9. The predicted octanol–water partition coefficient (Wildman–Crippen LogP) is 10.8. The van der Waals surface area contributed by atoms with Gasteiger partial charge in [-0.15, -0.1) is 0 Å². The molecule has 2 aromatic rings. The van der Waals surface area contributed by atoms with E-state index in [1.54, 1.807) is 0 Å². The minimum Gasteiger partial charge on any atom is -0.492 e. The maximum atomic E-state index is 13.9. The van der Waals surface area contributed by atoms with Crippen LogP contribution < -0.4 is 4.74 Å². The van der Waals surface area contributed by atoms with E-state index in [4.69, 9.17) is 9.47 Å². The van der Waals surface area contributed by atoms with Crippen LogP contribution in [0.3, 0.4) is 0 Å². The Bertz CT molecular complexity index is 985. The second kappa shape index (κ2) is 18.5. The van der Waals surface area contributed by atoms with Gasteiger partial charge in [-0.3, -0.25) is 0 Å². The Kier molecular flexibility index (Phi) is 15.1. The van der Waals surface area contributed by atoms with Gasteiger partial charge in [0.25, 0.3) is 0 Å². The van der Waals surface area contributed by atoms with Gasteiger partial charge in [0.2, 0.25) is 0 Å². The van der Waals surface area contributed by atoms with Crippen molar-refractivity contribution < 1.29 is 18.7 Å². The van der Waals surface area contributed by atoms with E-state index in [0.717, 1.165) is 74.6 Å². The molecule has 0 bridgehead atoms. The molecule has 0 radical (unpaired) electrons. The number of rotatable bonds is 18. The maximum Gasteiger partial charge on any atom is 0.340 e. The zero-order valence-electron chi connectivity index (χ0n) is 24.8. The zero-order valence-corrected chi connectivity index (χ0v) is 26.4. The molecule has 0 saturated heterocycles. The van der Waals surface area contributed by atoms with Gasteiger partial charge in [-0.2, -0.15) is 0 Å². The quantitative estimate of drug-likeness (QED) is 0.123. The van der Waals surface area contributed by atoms with E-state index < -0.39 is 12.1 Å². The lowest BCUT2D eigenvalue weighted by Gasteiger charge is -2.28. The Morgan fingerprint density at radius 1 is 0.875 bits per heavy atom. The van der Waals surface area contributed by atoms with E-state index in [1.807, 2.05) is 6.92 Å². The van der Waals surface area contributed by atoms with Gasteiger partial charge in [0.05, 0.1) is 11.1 Å². The van der Waals surface area contributed by atoms with Gasteiger partial charge in [0, 0.05) is 0 Å². The van der Waals surface area contributed by atoms with Crippen LogP contribution in [0, 0.1) is 5.92 Å². The number of hydrogen-bond acceptors (Lipinski definition) is 3. The highest BCUT2D eigenvalue weighted by molar-refractivity contribution is 9.10. The lowest BCUT2D eigenvalue weighted by Crippen LogP contribution is -2.29. The molecule has 0 aliphatic heterocycles. The number of carbonyl (C=O) groups excluding carboxylic acids is 1. The summed E-state index contributed by atoms with van der Waals surface area (Å²) in [4.78, 5) is 12.0. The molecule has 40 heavy (non-hydrogen) atoms. The molecule has 1 saturated carbocycles. The van der Waals surface area contributed by atoms with Crippen LogP contribution in [0.2, 0.25) is 0 Å². The number of halogens is 2. The topological polar surface area (TPSA) is 35.5 Å². The first-order valence-electron chi connectivity index (χ1n) is 15.9. The van der Waals surface area contributed by atoms with Crippen molar-refractivity contribution in [2.75, 3.05) is 6.61 Å². The van der Waals surface area contributed by atoms with Gasteiger partial charge >= 0.3 is 5.97 Å². The van der Waals surface area contributed by atoms with Crippen LogP contribution >= 0.6 is 15.9 Å². The van der Waals surface area contributed by atoms with Crippen LogP contribution in [-0.4, -0.2) is 24.9 Å². The number of esters is 1. The second-order valence-electron chi connectivity index (χ2n) is 11.5. The highest BCUT2D eigenvalue weighted by Crippen LogP contribution is 2.33. The maximum absolute atomic E-state index is 13.9. The van der Waals surface area contributed by atoms with Crippen molar-refractivity contribution in [1.29, 1.82) is 0 Å². The highest BCUT2D eigenvalue weighted by Gasteiger charge is 2.27. The molecule has 0 heterocycles. The van der Waals surface area contributed by atoms with Crippen molar-refractivity contribution in [2.24, 2.45) is 5.92 Å². The number of carbonyl (C=O) groups is 1. The minimum absolute atomic E-state index is 0.112. The summed E-state index contributed by atoms with van der Waals surface area (Å²) >= 11 is 3.70. The first-order valence-corrected chi connectivity index (χ1v) is 16.7. The predicted molar refractivity (Wildman–Crippen MR) is 168 cm³/mol. The van der Waals surface area contributed by atoms with Gasteiger partial charge in [0.15, 0.2) is 6.17 Å². The first-order chi connectivity index (χ1) is 19.5. The van der Waals surface area contributed by atoms with Crippen LogP contribution in [0.4, 0.5) is 4.39 Å². The van der Waals surface area contributed by atoms with E-state index >= 15 is 0 Å². The zero-order chi connectivity index (χ0) is 28.6. The number of unbranched alkanes of at least 4 members (excludes halogenated alkanes) is 7.